The van der Waals surface area contributed by atoms with E-state index in [0.29, 0.717) is 0 Å². The van der Waals surface area contributed by atoms with Crippen LogP contribution in [-0.4, -0.2) is 19.1 Å². The van der Waals surface area contributed by atoms with Crippen LogP contribution in [0.15, 0.2) is 18.2 Å². The predicted octanol–water partition coefficient (Wildman–Crippen LogP) is 1.65. The molecule has 3 N–H and O–H groups in total. The van der Waals surface area contributed by atoms with Crippen molar-refractivity contribution in [1.82, 2.24) is 5.32 Å². The minimum absolute atomic E-state index is 0.250. The summed E-state index contributed by atoms with van der Waals surface area (Å²) in [6, 6.07) is 7.22. The average Bonchev–Trinajstić information content (AvgIpc) is 2.71. The van der Waals surface area contributed by atoms with E-state index in [0.717, 1.165) is 19.5 Å². The maximum atomic E-state index is 5.68. The molecule has 1 atom stereocenters. The minimum atomic E-state index is 0.250. The van der Waals surface area contributed by atoms with Gasteiger partial charge in [-0.15, -0.1) is 0 Å². The zero-order valence-electron chi connectivity index (χ0n) is 10.1. The Kier molecular flexibility index (Phi) is 3.97. The molecule has 0 spiro atoms. The number of fused-ring (bicyclic) bond motifs is 1. The van der Waals surface area contributed by atoms with Gasteiger partial charge in [-0.1, -0.05) is 18.2 Å². The molecule has 0 amide bonds. The van der Waals surface area contributed by atoms with Gasteiger partial charge in [-0.05, 0) is 55.8 Å². The van der Waals surface area contributed by atoms with Crippen molar-refractivity contribution in [3.05, 3.63) is 34.9 Å². The molecule has 16 heavy (non-hydrogen) atoms. The van der Waals surface area contributed by atoms with E-state index in [-0.39, 0.29) is 6.04 Å². The van der Waals surface area contributed by atoms with Crippen molar-refractivity contribution in [2.75, 3.05) is 13.1 Å². The first-order valence-electron chi connectivity index (χ1n) is 6.32. The fraction of sp³-hybridized carbons (Fsp3) is 0.571. The number of nitrogens with two attached hydrogens (primary N) is 1. The topological polar surface area (TPSA) is 38.0 Å². The monoisotopic (exact) mass is 218 g/mol. The highest BCUT2D eigenvalue weighted by atomic mass is 14.9. The summed E-state index contributed by atoms with van der Waals surface area (Å²) in [6.45, 7) is 3.97. The second-order valence-electron chi connectivity index (χ2n) is 4.89. The summed E-state index contributed by atoms with van der Waals surface area (Å²) in [7, 11) is 0. The molecule has 1 aliphatic carbocycles. The molecular weight excluding hydrogens is 196 g/mol. The summed E-state index contributed by atoms with van der Waals surface area (Å²) in [6.07, 6.45) is 5.00. The van der Waals surface area contributed by atoms with Gasteiger partial charge in [0.05, 0.1) is 0 Å². The number of hydrogen-bond acceptors (Lipinski definition) is 2. The Labute approximate surface area is 98.2 Å². The lowest BCUT2D eigenvalue weighted by molar-refractivity contribution is 0.608. The molecule has 0 bridgehead atoms. The van der Waals surface area contributed by atoms with Gasteiger partial charge >= 0.3 is 0 Å². The fourth-order valence-electron chi connectivity index (χ4n) is 2.34. The van der Waals surface area contributed by atoms with Gasteiger partial charge in [-0.3, -0.25) is 0 Å². The molecule has 0 aliphatic heterocycles. The minimum Gasteiger partial charge on any atom is -0.327 e. The Balaban J connectivity index is 1.81. The number of aryl methyl sites for hydroxylation is 2. The molecule has 0 heterocycles. The van der Waals surface area contributed by atoms with Crippen LogP contribution in [0.1, 0.15) is 30.0 Å². The Morgan fingerprint density at radius 3 is 2.94 bits per heavy atom. The quantitative estimate of drug-likeness (QED) is 0.738. The lowest BCUT2D eigenvalue weighted by atomic mass is 10.0. The van der Waals surface area contributed by atoms with Crippen LogP contribution in [0.3, 0.4) is 0 Å². The van der Waals surface area contributed by atoms with Crippen molar-refractivity contribution in [2.24, 2.45) is 5.73 Å². The lowest BCUT2D eigenvalue weighted by Crippen LogP contribution is -2.32. The molecule has 1 aromatic rings. The van der Waals surface area contributed by atoms with Gasteiger partial charge in [-0.25, -0.2) is 0 Å². The molecule has 0 saturated heterocycles. The van der Waals surface area contributed by atoms with Crippen LogP contribution in [0.4, 0.5) is 0 Å². The SMILES string of the molecule is CC(N)CNCCc1ccc2c(c1)CCC2. The maximum absolute atomic E-state index is 5.68. The summed E-state index contributed by atoms with van der Waals surface area (Å²) in [5, 5.41) is 3.38. The highest BCUT2D eigenvalue weighted by Crippen LogP contribution is 2.22. The van der Waals surface area contributed by atoms with Crippen LogP contribution >= 0.6 is 0 Å². The van der Waals surface area contributed by atoms with E-state index in [1.165, 1.54) is 24.8 Å². The number of rotatable bonds is 5. The van der Waals surface area contributed by atoms with Gasteiger partial charge in [0, 0.05) is 12.6 Å². The molecule has 88 valence electrons. The van der Waals surface area contributed by atoms with E-state index >= 15 is 0 Å². The first-order chi connectivity index (χ1) is 7.75. The van der Waals surface area contributed by atoms with Crippen LogP contribution in [0.25, 0.3) is 0 Å². The van der Waals surface area contributed by atoms with Crippen LogP contribution < -0.4 is 11.1 Å². The highest BCUT2D eigenvalue weighted by molar-refractivity contribution is 5.35. The fourth-order valence-corrected chi connectivity index (χ4v) is 2.34. The Morgan fingerprint density at radius 1 is 1.31 bits per heavy atom. The summed E-state index contributed by atoms with van der Waals surface area (Å²) in [5.74, 6) is 0. The van der Waals surface area contributed by atoms with E-state index in [4.69, 9.17) is 5.73 Å². The van der Waals surface area contributed by atoms with Crippen molar-refractivity contribution in [2.45, 2.75) is 38.6 Å². The third-order valence-corrected chi connectivity index (χ3v) is 3.22. The molecule has 2 nitrogen and oxygen atoms in total. The molecule has 1 aromatic carbocycles. The van der Waals surface area contributed by atoms with E-state index in [1.807, 2.05) is 6.92 Å². The molecule has 0 aromatic heterocycles. The Morgan fingerprint density at radius 2 is 2.12 bits per heavy atom. The van der Waals surface area contributed by atoms with Crippen LogP contribution in [0.5, 0.6) is 0 Å². The summed E-state index contributed by atoms with van der Waals surface area (Å²) < 4.78 is 0. The first kappa shape index (κ1) is 11.6. The number of hydrogen-bond donors (Lipinski definition) is 2. The lowest BCUT2D eigenvalue weighted by Gasteiger charge is -2.08. The Hall–Kier alpha value is -0.860. The van der Waals surface area contributed by atoms with Crippen molar-refractivity contribution >= 4 is 0 Å². The number of nitrogens with one attached hydrogen (secondary N) is 1. The van der Waals surface area contributed by atoms with Crippen molar-refractivity contribution in [3.63, 3.8) is 0 Å². The summed E-state index contributed by atoms with van der Waals surface area (Å²) in [4.78, 5) is 0. The molecular formula is C14H22N2. The smallest absolute Gasteiger partial charge is 0.0136 e. The third kappa shape index (κ3) is 3.06. The summed E-state index contributed by atoms with van der Waals surface area (Å²) >= 11 is 0. The standard InChI is InChI=1S/C14H22N2/c1-11(15)10-16-8-7-12-5-6-13-3-2-4-14(13)9-12/h5-6,9,11,16H,2-4,7-8,10,15H2,1H3. The number of benzene rings is 1. The van der Waals surface area contributed by atoms with Gasteiger partial charge in [-0.2, -0.15) is 0 Å². The van der Waals surface area contributed by atoms with Crippen molar-refractivity contribution in [3.8, 4) is 0 Å². The van der Waals surface area contributed by atoms with Crippen molar-refractivity contribution < 1.29 is 0 Å². The summed E-state index contributed by atoms with van der Waals surface area (Å²) in [5.41, 5.74) is 10.3. The van der Waals surface area contributed by atoms with Gasteiger partial charge < -0.3 is 11.1 Å². The zero-order chi connectivity index (χ0) is 11.4. The van der Waals surface area contributed by atoms with Crippen LogP contribution in [0.2, 0.25) is 0 Å². The van der Waals surface area contributed by atoms with E-state index in [2.05, 4.69) is 23.5 Å². The van der Waals surface area contributed by atoms with Gasteiger partial charge in [0.2, 0.25) is 0 Å². The van der Waals surface area contributed by atoms with Gasteiger partial charge in [0.15, 0.2) is 0 Å². The molecule has 0 radical (unpaired) electrons. The predicted molar refractivity (Wildman–Crippen MR) is 68.7 cm³/mol. The highest BCUT2D eigenvalue weighted by Gasteiger charge is 2.10. The molecule has 0 fully saturated rings. The van der Waals surface area contributed by atoms with E-state index < -0.39 is 0 Å². The van der Waals surface area contributed by atoms with Crippen molar-refractivity contribution in [1.29, 1.82) is 0 Å². The molecule has 1 unspecified atom stereocenters. The van der Waals surface area contributed by atoms with Crippen LogP contribution in [-0.2, 0) is 19.3 Å². The molecule has 2 rings (SSSR count). The van der Waals surface area contributed by atoms with E-state index in [1.54, 1.807) is 11.1 Å². The molecule has 1 aliphatic rings. The van der Waals surface area contributed by atoms with Crippen LogP contribution in [0, 0.1) is 0 Å². The second kappa shape index (κ2) is 5.46. The Bertz CT molecular complexity index is 345. The van der Waals surface area contributed by atoms with E-state index in [9.17, 15) is 0 Å². The van der Waals surface area contributed by atoms with Gasteiger partial charge in [0.25, 0.3) is 0 Å². The normalized spacial score (nSPS) is 16.1. The second-order valence-corrected chi connectivity index (χ2v) is 4.89. The average molecular weight is 218 g/mol. The molecule has 2 heteroatoms. The molecule has 0 saturated carbocycles. The maximum Gasteiger partial charge on any atom is 0.0136 e. The first-order valence-corrected chi connectivity index (χ1v) is 6.32. The van der Waals surface area contributed by atoms with Gasteiger partial charge in [0.1, 0.15) is 0 Å². The zero-order valence-corrected chi connectivity index (χ0v) is 10.1. The largest absolute Gasteiger partial charge is 0.327 e. The third-order valence-electron chi connectivity index (χ3n) is 3.22.